The molecule has 1 aromatic rings. The lowest BCUT2D eigenvalue weighted by atomic mass is 10.4. The number of nitrogens with one attached hydrogen (secondary N) is 1. The van der Waals surface area contributed by atoms with Gasteiger partial charge in [-0.25, -0.2) is 18.4 Å². The van der Waals surface area contributed by atoms with E-state index in [0.717, 1.165) is 0 Å². The number of nitrogens with zero attached hydrogens (tertiary/aromatic N) is 2. The van der Waals surface area contributed by atoms with E-state index in [9.17, 15) is 8.42 Å². The normalized spacial score (nSPS) is 11.3. The van der Waals surface area contributed by atoms with Gasteiger partial charge in [-0.2, -0.15) is 0 Å². The Balaban J connectivity index is 2.32. The van der Waals surface area contributed by atoms with Crippen LogP contribution < -0.4 is 5.32 Å². The molecule has 1 N–H and O–H groups in total. The van der Waals surface area contributed by atoms with Crippen LogP contribution in [0.3, 0.4) is 0 Å². The molecule has 0 unspecified atom stereocenters. The minimum atomic E-state index is -2.89. The number of rotatable bonds is 5. The lowest BCUT2D eigenvalue weighted by Gasteiger charge is -2.04. The number of halogens is 1. The highest BCUT2D eigenvalue weighted by Crippen LogP contribution is 2.05. The highest BCUT2D eigenvalue weighted by Gasteiger charge is 2.01. The molecule has 1 aromatic heterocycles. The minimum Gasteiger partial charge on any atom is -0.370 e. The van der Waals surface area contributed by atoms with Crippen molar-refractivity contribution in [1.82, 2.24) is 9.97 Å². The molecule has 0 amide bonds. The molecular weight excluding hydrogens is 238 g/mol. The summed E-state index contributed by atoms with van der Waals surface area (Å²) in [5, 5.41) is 3.13. The second-order valence-electron chi connectivity index (χ2n) is 3.12. The number of hydrogen-bond donors (Lipinski definition) is 1. The fourth-order valence-corrected chi connectivity index (χ4v) is 1.80. The molecule has 5 nitrogen and oxygen atoms in total. The Morgan fingerprint density at radius 1 is 1.53 bits per heavy atom. The van der Waals surface area contributed by atoms with Crippen molar-refractivity contribution in [2.75, 3.05) is 23.9 Å². The van der Waals surface area contributed by atoms with Gasteiger partial charge in [0.2, 0.25) is 5.28 Å². The Kier molecular flexibility index (Phi) is 4.28. The molecule has 0 aliphatic carbocycles. The second-order valence-corrected chi connectivity index (χ2v) is 5.72. The molecule has 7 heteroatoms. The Morgan fingerprint density at radius 3 is 2.87 bits per heavy atom. The van der Waals surface area contributed by atoms with Crippen LogP contribution >= 0.6 is 11.6 Å². The number of anilines is 1. The van der Waals surface area contributed by atoms with Crippen molar-refractivity contribution in [2.45, 2.75) is 6.42 Å². The Morgan fingerprint density at radius 2 is 2.27 bits per heavy atom. The number of hydrogen-bond acceptors (Lipinski definition) is 5. The van der Waals surface area contributed by atoms with Gasteiger partial charge in [-0.05, 0) is 24.1 Å². The fourth-order valence-electron chi connectivity index (χ4n) is 0.984. The third-order valence-corrected chi connectivity index (χ3v) is 2.84. The van der Waals surface area contributed by atoms with Crippen molar-refractivity contribution in [1.29, 1.82) is 0 Å². The SMILES string of the molecule is CS(=O)(=O)CCCNc1ccnc(Cl)n1. The van der Waals surface area contributed by atoms with Crippen LogP contribution in [0.15, 0.2) is 12.3 Å². The molecule has 0 bridgehead atoms. The van der Waals surface area contributed by atoms with Gasteiger partial charge in [-0.15, -0.1) is 0 Å². The van der Waals surface area contributed by atoms with Crippen molar-refractivity contribution in [3.63, 3.8) is 0 Å². The smallest absolute Gasteiger partial charge is 0.224 e. The van der Waals surface area contributed by atoms with Crippen LogP contribution in [0.2, 0.25) is 5.28 Å². The summed E-state index contributed by atoms with van der Waals surface area (Å²) in [6.45, 7) is 0.542. The van der Waals surface area contributed by atoms with Crippen molar-refractivity contribution >= 4 is 27.3 Å². The first-order chi connectivity index (χ1) is 6.97. The molecule has 0 atom stereocenters. The first-order valence-corrected chi connectivity index (χ1v) is 6.81. The molecule has 1 heterocycles. The average molecular weight is 250 g/mol. The van der Waals surface area contributed by atoms with Crippen molar-refractivity contribution in [3.8, 4) is 0 Å². The summed E-state index contributed by atoms with van der Waals surface area (Å²) in [6.07, 6.45) is 3.29. The fraction of sp³-hybridized carbons (Fsp3) is 0.500. The van der Waals surface area contributed by atoms with E-state index in [2.05, 4.69) is 15.3 Å². The topological polar surface area (TPSA) is 72.0 Å². The highest BCUT2D eigenvalue weighted by atomic mass is 35.5. The average Bonchev–Trinajstić information content (AvgIpc) is 2.11. The maximum absolute atomic E-state index is 10.8. The zero-order valence-electron chi connectivity index (χ0n) is 8.27. The van der Waals surface area contributed by atoms with E-state index < -0.39 is 9.84 Å². The zero-order valence-corrected chi connectivity index (χ0v) is 9.85. The first kappa shape index (κ1) is 12.2. The van der Waals surface area contributed by atoms with Crippen molar-refractivity contribution in [2.24, 2.45) is 0 Å². The molecule has 1 rings (SSSR count). The molecule has 0 fully saturated rings. The predicted octanol–water partition coefficient (Wildman–Crippen LogP) is 0.977. The Labute approximate surface area is 93.8 Å². The van der Waals surface area contributed by atoms with Gasteiger partial charge in [-0.1, -0.05) is 0 Å². The summed E-state index contributed by atoms with van der Waals surface area (Å²) < 4.78 is 21.6. The standard InChI is InChI=1S/C8H12ClN3O2S/c1-15(13,14)6-2-4-10-7-3-5-11-8(9)12-7/h3,5H,2,4,6H2,1H3,(H,10,11,12). The van der Waals surface area contributed by atoms with E-state index in [1.807, 2.05) is 0 Å². The predicted molar refractivity (Wildman–Crippen MR) is 59.9 cm³/mol. The molecule has 15 heavy (non-hydrogen) atoms. The zero-order chi connectivity index (χ0) is 11.3. The molecule has 84 valence electrons. The largest absolute Gasteiger partial charge is 0.370 e. The van der Waals surface area contributed by atoms with Crippen LogP contribution in [-0.4, -0.2) is 36.9 Å². The first-order valence-electron chi connectivity index (χ1n) is 4.37. The summed E-state index contributed by atoms with van der Waals surface area (Å²) in [7, 11) is -2.89. The summed E-state index contributed by atoms with van der Waals surface area (Å²) in [4.78, 5) is 7.63. The van der Waals surface area contributed by atoms with Crippen LogP contribution in [-0.2, 0) is 9.84 Å². The third kappa shape index (κ3) is 5.54. The molecule has 0 saturated carbocycles. The Hall–Kier alpha value is -0.880. The lowest BCUT2D eigenvalue weighted by Crippen LogP contribution is -2.10. The maximum Gasteiger partial charge on any atom is 0.224 e. The summed E-state index contributed by atoms with van der Waals surface area (Å²) in [5.41, 5.74) is 0. The number of aromatic nitrogens is 2. The Bertz CT molecular complexity index is 422. The van der Waals surface area contributed by atoms with Crippen molar-refractivity contribution < 1.29 is 8.42 Å². The van der Waals surface area contributed by atoms with Gasteiger partial charge in [0.25, 0.3) is 0 Å². The van der Waals surface area contributed by atoms with Gasteiger partial charge in [0.1, 0.15) is 15.7 Å². The van der Waals surface area contributed by atoms with Crippen molar-refractivity contribution in [3.05, 3.63) is 17.5 Å². The molecule has 0 saturated heterocycles. The molecule has 0 aromatic carbocycles. The minimum absolute atomic E-state index is 0.165. The summed E-state index contributed by atoms with van der Waals surface area (Å²) in [5.74, 6) is 0.766. The van der Waals surface area contributed by atoms with Gasteiger partial charge < -0.3 is 5.32 Å². The van der Waals surface area contributed by atoms with E-state index in [0.29, 0.717) is 18.8 Å². The second kappa shape index (κ2) is 5.27. The molecule has 0 radical (unpaired) electrons. The van der Waals surface area contributed by atoms with Crippen LogP contribution in [0.1, 0.15) is 6.42 Å². The van der Waals surface area contributed by atoms with Gasteiger partial charge in [0, 0.05) is 19.0 Å². The van der Waals surface area contributed by atoms with E-state index in [-0.39, 0.29) is 11.0 Å². The quantitative estimate of drug-likeness (QED) is 0.622. The van der Waals surface area contributed by atoms with Gasteiger partial charge in [0.15, 0.2) is 0 Å². The van der Waals surface area contributed by atoms with E-state index >= 15 is 0 Å². The van der Waals surface area contributed by atoms with Crippen LogP contribution in [0, 0.1) is 0 Å². The lowest BCUT2D eigenvalue weighted by molar-refractivity contribution is 0.600. The van der Waals surface area contributed by atoms with Crippen LogP contribution in [0.5, 0.6) is 0 Å². The van der Waals surface area contributed by atoms with Crippen LogP contribution in [0.4, 0.5) is 5.82 Å². The van der Waals surface area contributed by atoms with Gasteiger partial charge >= 0.3 is 0 Å². The van der Waals surface area contributed by atoms with E-state index in [4.69, 9.17) is 11.6 Å². The number of sulfone groups is 1. The monoisotopic (exact) mass is 249 g/mol. The molecule has 0 aliphatic rings. The molecule has 0 spiro atoms. The summed E-state index contributed by atoms with van der Waals surface area (Å²) >= 11 is 5.57. The van der Waals surface area contributed by atoms with E-state index in [1.54, 1.807) is 6.07 Å². The molecule has 0 aliphatic heterocycles. The van der Waals surface area contributed by atoms with Gasteiger partial charge in [-0.3, -0.25) is 0 Å². The van der Waals surface area contributed by atoms with Gasteiger partial charge in [0.05, 0.1) is 5.75 Å². The summed E-state index contributed by atoms with van der Waals surface area (Å²) in [6, 6.07) is 1.67. The van der Waals surface area contributed by atoms with Crippen LogP contribution in [0.25, 0.3) is 0 Å². The third-order valence-electron chi connectivity index (χ3n) is 1.62. The molecular formula is C8H12ClN3O2S. The highest BCUT2D eigenvalue weighted by molar-refractivity contribution is 7.90. The maximum atomic E-state index is 10.8. The van der Waals surface area contributed by atoms with E-state index in [1.165, 1.54) is 12.5 Å².